The average molecular weight is 501 g/mol. The third kappa shape index (κ3) is 6.93. The Morgan fingerprint density at radius 1 is 1.06 bits per heavy atom. The van der Waals surface area contributed by atoms with Crippen molar-refractivity contribution < 1.29 is 4.79 Å². The van der Waals surface area contributed by atoms with Gasteiger partial charge < -0.3 is 5.32 Å². The van der Waals surface area contributed by atoms with Gasteiger partial charge in [-0.1, -0.05) is 77.4 Å². The fourth-order valence-corrected chi connectivity index (χ4v) is 4.98. The standard InChI is InChI=1S/C25H26Cl2N4OS/c26-22-10-4-9-20(24(22)27)16-31-11-5-6-18(15-31)12-28-23(32)17-33-25-29-13-21(14-30-25)19-7-2-1-3-8-19/h1-4,7-10,13-14,18H,5-6,11-12,15-17H2,(H,28,32). The highest BCUT2D eigenvalue weighted by molar-refractivity contribution is 7.99. The zero-order valence-electron chi connectivity index (χ0n) is 18.2. The highest BCUT2D eigenvalue weighted by Gasteiger charge is 2.21. The van der Waals surface area contributed by atoms with Gasteiger partial charge in [-0.25, -0.2) is 9.97 Å². The second-order valence-corrected chi connectivity index (χ2v) is 9.90. The molecule has 1 aliphatic heterocycles. The van der Waals surface area contributed by atoms with Gasteiger partial charge in [-0.2, -0.15) is 0 Å². The Morgan fingerprint density at radius 3 is 2.64 bits per heavy atom. The highest BCUT2D eigenvalue weighted by atomic mass is 35.5. The quantitative estimate of drug-likeness (QED) is 0.323. The van der Waals surface area contributed by atoms with Gasteiger partial charge in [0.1, 0.15) is 0 Å². The first kappa shape index (κ1) is 24.0. The lowest BCUT2D eigenvalue weighted by atomic mass is 9.97. The number of thioether (sulfide) groups is 1. The third-order valence-electron chi connectivity index (χ3n) is 5.68. The molecular formula is C25H26Cl2N4OS. The van der Waals surface area contributed by atoms with Crippen LogP contribution in [0.3, 0.4) is 0 Å². The van der Waals surface area contributed by atoms with Crippen LogP contribution in [0.1, 0.15) is 18.4 Å². The lowest BCUT2D eigenvalue weighted by Crippen LogP contribution is -2.41. The molecule has 172 valence electrons. The van der Waals surface area contributed by atoms with E-state index < -0.39 is 0 Å². The van der Waals surface area contributed by atoms with Crippen molar-refractivity contribution in [2.24, 2.45) is 5.92 Å². The van der Waals surface area contributed by atoms with Crippen LogP contribution in [0.25, 0.3) is 11.1 Å². The Bertz CT molecular complexity index is 1070. The summed E-state index contributed by atoms with van der Waals surface area (Å²) in [5.41, 5.74) is 3.08. The average Bonchev–Trinajstić information content (AvgIpc) is 2.85. The molecule has 0 saturated carbocycles. The first-order valence-electron chi connectivity index (χ1n) is 11.0. The van der Waals surface area contributed by atoms with E-state index in [0.29, 0.717) is 33.4 Å². The van der Waals surface area contributed by atoms with Gasteiger partial charge in [-0.05, 0) is 42.5 Å². The first-order chi connectivity index (χ1) is 16.1. The Kier molecular flexibility index (Phi) is 8.62. The summed E-state index contributed by atoms with van der Waals surface area (Å²) >= 11 is 13.8. The van der Waals surface area contributed by atoms with Crippen molar-refractivity contribution in [2.75, 3.05) is 25.4 Å². The van der Waals surface area contributed by atoms with Gasteiger partial charge in [0.2, 0.25) is 5.91 Å². The number of likely N-dealkylation sites (tertiary alicyclic amines) is 1. The van der Waals surface area contributed by atoms with Crippen LogP contribution in [0.4, 0.5) is 0 Å². The Balaban J connectivity index is 1.20. The lowest BCUT2D eigenvalue weighted by Gasteiger charge is -2.33. The maximum absolute atomic E-state index is 12.4. The molecule has 1 unspecified atom stereocenters. The first-order valence-corrected chi connectivity index (χ1v) is 12.7. The van der Waals surface area contributed by atoms with Gasteiger partial charge in [-0.15, -0.1) is 0 Å². The van der Waals surface area contributed by atoms with E-state index in [4.69, 9.17) is 23.2 Å². The predicted molar refractivity (Wildman–Crippen MR) is 136 cm³/mol. The van der Waals surface area contributed by atoms with Crippen LogP contribution in [-0.2, 0) is 11.3 Å². The molecule has 1 N–H and O–H groups in total. The molecule has 0 aliphatic carbocycles. The maximum Gasteiger partial charge on any atom is 0.230 e. The molecule has 5 nitrogen and oxygen atoms in total. The van der Waals surface area contributed by atoms with Crippen molar-refractivity contribution >= 4 is 40.9 Å². The lowest BCUT2D eigenvalue weighted by molar-refractivity contribution is -0.118. The molecule has 0 bridgehead atoms. The molecule has 0 radical (unpaired) electrons. The van der Waals surface area contributed by atoms with Gasteiger partial charge in [0, 0.05) is 37.6 Å². The number of hydrogen-bond acceptors (Lipinski definition) is 5. The summed E-state index contributed by atoms with van der Waals surface area (Å²) < 4.78 is 0. The van der Waals surface area contributed by atoms with Crippen molar-refractivity contribution in [2.45, 2.75) is 24.5 Å². The molecule has 1 atom stereocenters. The van der Waals surface area contributed by atoms with Crippen molar-refractivity contribution in [3.05, 3.63) is 76.5 Å². The van der Waals surface area contributed by atoms with Crippen LogP contribution < -0.4 is 5.32 Å². The summed E-state index contributed by atoms with van der Waals surface area (Å²) in [6.45, 7) is 3.41. The van der Waals surface area contributed by atoms with E-state index in [2.05, 4.69) is 20.2 Å². The number of carbonyl (C=O) groups is 1. The Labute approximate surface area is 208 Å². The number of halogens is 2. The van der Waals surface area contributed by atoms with Crippen molar-refractivity contribution in [3.8, 4) is 11.1 Å². The molecule has 1 amide bonds. The van der Waals surface area contributed by atoms with E-state index in [9.17, 15) is 4.79 Å². The zero-order valence-corrected chi connectivity index (χ0v) is 20.5. The summed E-state index contributed by atoms with van der Waals surface area (Å²) in [4.78, 5) is 23.5. The van der Waals surface area contributed by atoms with E-state index in [0.717, 1.165) is 49.2 Å². The molecule has 1 saturated heterocycles. The van der Waals surface area contributed by atoms with Gasteiger partial charge in [0.25, 0.3) is 0 Å². The minimum absolute atomic E-state index is 0.00532. The highest BCUT2D eigenvalue weighted by Crippen LogP contribution is 2.28. The summed E-state index contributed by atoms with van der Waals surface area (Å²) in [6.07, 6.45) is 5.81. The summed E-state index contributed by atoms with van der Waals surface area (Å²) in [5, 5.41) is 4.90. The number of aromatic nitrogens is 2. The Morgan fingerprint density at radius 2 is 1.85 bits per heavy atom. The van der Waals surface area contributed by atoms with Gasteiger partial charge in [0.05, 0.1) is 15.8 Å². The SMILES string of the molecule is O=C(CSc1ncc(-c2ccccc2)cn1)NCC1CCCN(Cc2cccc(Cl)c2Cl)C1. The van der Waals surface area contributed by atoms with Gasteiger partial charge in [0.15, 0.2) is 5.16 Å². The monoisotopic (exact) mass is 500 g/mol. The molecule has 33 heavy (non-hydrogen) atoms. The summed E-state index contributed by atoms with van der Waals surface area (Å²) in [6, 6.07) is 15.8. The topological polar surface area (TPSA) is 58.1 Å². The molecule has 1 aromatic heterocycles. The van der Waals surface area contributed by atoms with Crippen LogP contribution in [0.2, 0.25) is 10.0 Å². The largest absolute Gasteiger partial charge is 0.355 e. The number of piperidine rings is 1. The number of rotatable bonds is 8. The maximum atomic E-state index is 12.4. The number of hydrogen-bond donors (Lipinski definition) is 1. The van der Waals surface area contributed by atoms with Crippen molar-refractivity contribution in [1.82, 2.24) is 20.2 Å². The van der Waals surface area contributed by atoms with Crippen LogP contribution in [-0.4, -0.2) is 46.2 Å². The van der Waals surface area contributed by atoms with Crippen LogP contribution in [0.15, 0.2) is 66.1 Å². The van der Waals surface area contributed by atoms with E-state index in [1.165, 1.54) is 11.8 Å². The van der Waals surface area contributed by atoms with Gasteiger partial charge >= 0.3 is 0 Å². The molecule has 1 fully saturated rings. The fourth-order valence-electron chi connectivity index (χ4n) is 3.98. The number of benzene rings is 2. The third-order valence-corrected chi connectivity index (χ3v) is 7.42. The fraction of sp³-hybridized carbons (Fsp3) is 0.320. The second-order valence-electron chi connectivity index (χ2n) is 8.17. The summed E-state index contributed by atoms with van der Waals surface area (Å²) in [7, 11) is 0. The van der Waals surface area contributed by atoms with Crippen molar-refractivity contribution in [1.29, 1.82) is 0 Å². The molecule has 2 heterocycles. The number of amides is 1. The van der Waals surface area contributed by atoms with Crippen LogP contribution >= 0.6 is 35.0 Å². The predicted octanol–water partition coefficient (Wildman–Crippen LogP) is 5.57. The Hall–Kier alpha value is -2.12. The van der Waals surface area contributed by atoms with E-state index in [1.54, 1.807) is 12.4 Å². The molecule has 4 rings (SSSR count). The van der Waals surface area contributed by atoms with Crippen molar-refractivity contribution in [3.63, 3.8) is 0 Å². The minimum atomic E-state index is 0.00532. The number of carbonyl (C=O) groups excluding carboxylic acids is 1. The van der Waals surface area contributed by atoms with E-state index in [1.807, 2.05) is 48.5 Å². The van der Waals surface area contributed by atoms with Crippen LogP contribution in [0.5, 0.6) is 0 Å². The molecule has 3 aromatic rings. The molecule has 8 heteroatoms. The van der Waals surface area contributed by atoms with Gasteiger partial charge in [-0.3, -0.25) is 9.69 Å². The van der Waals surface area contributed by atoms with E-state index in [-0.39, 0.29) is 5.91 Å². The number of nitrogens with zero attached hydrogens (tertiary/aromatic N) is 3. The number of nitrogens with one attached hydrogen (secondary N) is 1. The van der Waals surface area contributed by atoms with E-state index >= 15 is 0 Å². The molecule has 1 aliphatic rings. The minimum Gasteiger partial charge on any atom is -0.355 e. The second kappa shape index (κ2) is 11.8. The molecule has 0 spiro atoms. The molecular weight excluding hydrogens is 475 g/mol. The van der Waals surface area contributed by atoms with Crippen LogP contribution in [0, 0.1) is 5.92 Å². The zero-order chi connectivity index (χ0) is 23.0. The smallest absolute Gasteiger partial charge is 0.230 e. The molecule has 2 aromatic carbocycles. The summed E-state index contributed by atoms with van der Waals surface area (Å²) in [5.74, 6) is 0.733. The normalized spacial score (nSPS) is 16.5.